The fraction of sp³-hybridized carbons (Fsp3) is 0.0526. The Balaban J connectivity index is 2.67. The number of halogens is 4. The highest BCUT2D eigenvalue weighted by Crippen LogP contribution is 2.54. The third kappa shape index (κ3) is 3.54. The molecule has 1 atom stereocenters. The first-order valence-electron chi connectivity index (χ1n) is 7.90. The molecule has 3 aromatic carbocycles. The van der Waals surface area contributed by atoms with E-state index in [1.165, 1.54) is 42.5 Å². The molecule has 0 radical (unpaired) electrons. The zero-order chi connectivity index (χ0) is 21.6. The van der Waals surface area contributed by atoms with Gasteiger partial charge in [-0.25, -0.2) is 0 Å². The molecule has 0 fully saturated rings. The Labute approximate surface area is 186 Å². The van der Waals surface area contributed by atoms with E-state index in [4.69, 9.17) is 46.4 Å². The Bertz CT molecular complexity index is 1200. The molecule has 0 aliphatic heterocycles. The summed E-state index contributed by atoms with van der Waals surface area (Å²) in [6, 6.07) is 12.4. The molecular formula is C19H12Cl4O5S. The summed E-state index contributed by atoms with van der Waals surface area (Å²) in [6.07, 6.45) is 0. The topological polar surface area (TPSA) is 94.8 Å². The van der Waals surface area contributed by atoms with Crippen molar-refractivity contribution in [2.45, 2.75) is 4.75 Å². The summed E-state index contributed by atoms with van der Waals surface area (Å²) < 4.78 is 33.9. The highest BCUT2D eigenvalue weighted by atomic mass is 35.5. The number of rotatable bonds is 4. The monoisotopic (exact) mass is 492 g/mol. The van der Waals surface area contributed by atoms with Crippen LogP contribution in [0.1, 0.15) is 16.7 Å². The largest absolute Gasteiger partial charge is 0.507 e. The molecule has 5 nitrogen and oxygen atoms in total. The van der Waals surface area contributed by atoms with E-state index in [2.05, 4.69) is 0 Å². The van der Waals surface area contributed by atoms with Crippen LogP contribution in [0.15, 0.2) is 54.6 Å². The minimum atomic E-state index is -5.14. The highest BCUT2D eigenvalue weighted by Gasteiger charge is 2.53. The Morgan fingerprint density at radius 2 is 1.45 bits per heavy atom. The average molecular weight is 494 g/mol. The van der Waals surface area contributed by atoms with Crippen LogP contribution < -0.4 is 0 Å². The molecule has 1 unspecified atom stereocenters. The van der Waals surface area contributed by atoms with Gasteiger partial charge in [-0.05, 0) is 23.8 Å². The van der Waals surface area contributed by atoms with Crippen molar-refractivity contribution in [2.24, 2.45) is 0 Å². The summed E-state index contributed by atoms with van der Waals surface area (Å²) in [5.74, 6) is -1.36. The summed E-state index contributed by atoms with van der Waals surface area (Å²) in [4.78, 5) is 0. The van der Waals surface area contributed by atoms with Gasteiger partial charge < -0.3 is 10.2 Å². The fourth-order valence-corrected chi connectivity index (χ4v) is 5.70. The summed E-state index contributed by atoms with van der Waals surface area (Å²) in [5, 5.41) is 20.0. The van der Waals surface area contributed by atoms with Crippen LogP contribution in [0.25, 0.3) is 0 Å². The molecule has 0 bridgehead atoms. The SMILES string of the molecule is O=S(=O)(O)C(c1ccccc1)(c1cc(Cl)ccc1Cl)c1c(O)cc(Cl)c(O)c1Cl. The van der Waals surface area contributed by atoms with Gasteiger partial charge in [0.05, 0.1) is 10.0 Å². The van der Waals surface area contributed by atoms with Crippen molar-refractivity contribution in [2.75, 3.05) is 0 Å². The smallest absolute Gasteiger partial charge is 0.283 e. The Morgan fingerprint density at radius 1 is 0.828 bits per heavy atom. The van der Waals surface area contributed by atoms with Crippen molar-refractivity contribution < 1.29 is 23.2 Å². The second kappa shape index (κ2) is 7.87. The van der Waals surface area contributed by atoms with Gasteiger partial charge in [0.1, 0.15) is 5.75 Å². The van der Waals surface area contributed by atoms with Gasteiger partial charge in [0.15, 0.2) is 10.5 Å². The van der Waals surface area contributed by atoms with Gasteiger partial charge in [-0.3, -0.25) is 4.55 Å². The summed E-state index contributed by atoms with van der Waals surface area (Å²) in [6.45, 7) is 0. The second-order valence-corrected chi connectivity index (χ2v) is 9.25. The molecule has 0 spiro atoms. The Morgan fingerprint density at radius 3 is 2.03 bits per heavy atom. The quantitative estimate of drug-likeness (QED) is 0.239. The summed E-state index contributed by atoms with van der Waals surface area (Å²) in [7, 11) is -5.14. The molecule has 0 aromatic heterocycles. The third-order valence-electron chi connectivity index (χ3n) is 4.40. The van der Waals surface area contributed by atoms with Gasteiger partial charge in [-0.15, -0.1) is 0 Å². The van der Waals surface area contributed by atoms with Crippen LogP contribution in [-0.2, 0) is 14.9 Å². The van der Waals surface area contributed by atoms with Gasteiger partial charge in [0.25, 0.3) is 10.1 Å². The van der Waals surface area contributed by atoms with E-state index in [-0.39, 0.29) is 26.2 Å². The van der Waals surface area contributed by atoms with E-state index in [1.54, 1.807) is 6.07 Å². The first-order valence-corrected chi connectivity index (χ1v) is 10.9. The molecule has 152 valence electrons. The van der Waals surface area contributed by atoms with Gasteiger partial charge in [0.2, 0.25) is 0 Å². The predicted molar refractivity (Wildman–Crippen MR) is 114 cm³/mol. The van der Waals surface area contributed by atoms with E-state index in [9.17, 15) is 23.2 Å². The lowest BCUT2D eigenvalue weighted by Crippen LogP contribution is -2.39. The van der Waals surface area contributed by atoms with Crippen LogP contribution in [-0.4, -0.2) is 23.2 Å². The number of hydrogen-bond donors (Lipinski definition) is 3. The lowest BCUT2D eigenvalue weighted by Gasteiger charge is -2.34. The van der Waals surface area contributed by atoms with E-state index in [0.717, 1.165) is 6.07 Å². The number of aromatic hydroxyl groups is 2. The molecule has 0 saturated carbocycles. The van der Waals surface area contributed by atoms with Crippen molar-refractivity contribution in [3.63, 3.8) is 0 Å². The van der Waals surface area contributed by atoms with Gasteiger partial charge in [-0.2, -0.15) is 8.42 Å². The van der Waals surface area contributed by atoms with Gasteiger partial charge >= 0.3 is 0 Å². The van der Waals surface area contributed by atoms with Crippen molar-refractivity contribution in [1.29, 1.82) is 0 Å². The zero-order valence-electron chi connectivity index (χ0n) is 14.3. The number of phenols is 2. The minimum absolute atomic E-state index is 0.00871. The number of phenolic OH excluding ortho intramolecular Hbond substituents is 2. The lowest BCUT2D eigenvalue weighted by atomic mass is 9.83. The summed E-state index contributed by atoms with van der Waals surface area (Å²) >= 11 is 24.5. The predicted octanol–water partition coefficient (Wildman–Crippen LogP) is 5.89. The van der Waals surface area contributed by atoms with E-state index < -0.39 is 37.0 Å². The first kappa shape index (κ1) is 22.0. The van der Waals surface area contributed by atoms with Crippen LogP contribution in [0.3, 0.4) is 0 Å². The van der Waals surface area contributed by atoms with Crippen molar-refractivity contribution in [3.8, 4) is 11.5 Å². The molecule has 3 N–H and O–H groups in total. The summed E-state index contributed by atoms with van der Waals surface area (Å²) in [5.41, 5.74) is -0.719. The molecule has 3 aromatic rings. The molecule has 3 rings (SSSR count). The molecule has 29 heavy (non-hydrogen) atoms. The minimum Gasteiger partial charge on any atom is -0.507 e. The number of hydrogen-bond acceptors (Lipinski definition) is 4. The van der Waals surface area contributed by atoms with Crippen LogP contribution in [0.2, 0.25) is 20.1 Å². The first-order chi connectivity index (χ1) is 13.5. The van der Waals surface area contributed by atoms with Crippen LogP contribution in [0.5, 0.6) is 11.5 Å². The highest BCUT2D eigenvalue weighted by molar-refractivity contribution is 7.87. The fourth-order valence-electron chi connectivity index (χ4n) is 3.22. The van der Waals surface area contributed by atoms with Gasteiger partial charge in [0, 0.05) is 27.2 Å². The lowest BCUT2D eigenvalue weighted by molar-refractivity contribution is 0.435. The average Bonchev–Trinajstić information content (AvgIpc) is 2.65. The van der Waals surface area contributed by atoms with Crippen LogP contribution in [0, 0.1) is 0 Å². The van der Waals surface area contributed by atoms with Crippen LogP contribution >= 0.6 is 46.4 Å². The Hall–Kier alpha value is -1.67. The van der Waals surface area contributed by atoms with Crippen molar-refractivity contribution in [3.05, 3.63) is 91.4 Å². The standard InChI is InChI=1S/C19H12Cl4O5S/c20-11-6-7-13(21)12(8-11)19(29(26,27)28,10-4-2-1-3-5-10)16-15(24)9-14(22)18(25)17(16)23/h1-9,24-25H,(H,26,27,28). The Kier molecular flexibility index (Phi) is 5.98. The maximum absolute atomic E-state index is 13.0. The van der Waals surface area contributed by atoms with E-state index >= 15 is 0 Å². The molecule has 0 amide bonds. The van der Waals surface area contributed by atoms with E-state index in [1.807, 2.05) is 0 Å². The molecule has 0 aliphatic rings. The maximum Gasteiger partial charge on any atom is 0.283 e. The van der Waals surface area contributed by atoms with Crippen LogP contribution in [0.4, 0.5) is 0 Å². The molecule has 10 heteroatoms. The number of benzene rings is 3. The van der Waals surface area contributed by atoms with E-state index in [0.29, 0.717) is 0 Å². The van der Waals surface area contributed by atoms with Crippen molar-refractivity contribution >= 4 is 56.5 Å². The molecule has 0 heterocycles. The maximum atomic E-state index is 13.0. The third-order valence-corrected chi connectivity index (χ3v) is 7.05. The zero-order valence-corrected chi connectivity index (χ0v) is 18.1. The second-order valence-electron chi connectivity index (χ2n) is 6.06. The molecular weight excluding hydrogens is 482 g/mol. The molecule has 0 aliphatic carbocycles. The van der Waals surface area contributed by atoms with Gasteiger partial charge in [-0.1, -0.05) is 76.7 Å². The normalized spacial score (nSPS) is 13.8. The van der Waals surface area contributed by atoms with Crippen molar-refractivity contribution in [1.82, 2.24) is 0 Å². The molecule has 0 saturated heterocycles.